The molecule has 0 saturated heterocycles. The summed E-state index contributed by atoms with van der Waals surface area (Å²) in [6, 6.07) is 2.08. The van der Waals surface area contributed by atoms with Gasteiger partial charge in [-0.05, 0) is 30.5 Å². The van der Waals surface area contributed by atoms with Crippen LogP contribution in [0, 0.1) is 0 Å². The molecule has 0 radical (unpaired) electrons. The van der Waals surface area contributed by atoms with E-state index in [1.54, 1.807) is 0 Å². The highest BCUT2D eigenvalue weighted by Crippen LogP contribution is 2.35. The second-order valence-corrected chi connectivity index (χ2v) is 4.42. The summed E-state index contributed by atoms with van der Waals surface area (Å²) in [6.45, 7) is 4.75. The lowest BCUT2D eigenvalue weighted by Crippen LogP contribution is -2.28. The molecule has 3 nitrogen and oxygen atoms in total. The Balaban J connectivity index is 3.00. The first-order valence-electron chi connectivity index (χ1n) is 6.62. The highest BCUT2D eigenvalue weighted by atomic mass is 19.4. The van der Waals surface area contributed by atoms with Crippen LogP contribution in [-0.2, 0) is 0 Å². The Kier molecular flexibility index (Phi) is 6.13. The van der Waals surface area contributed by atoms with E-state index in [2.05, 4.69) is 0 Å². The third-order valence-electron chi connectivity index (χ3n) is 2.60. The molecular weight excluding hydrogens is 271 g/mol. The molecule has 2 N–H and O–H groups in total. The van der Waals surface area contributed by atoms with Crippen molar-refractivity contribution in [1.82, 2.24) is 0 Å². The number of nitrogens with two attached hydrogens (primary N) is 1. The largest absolute Gasteiger partial charge is 0.490 e. The van der Waals surface area contributed by atoms with Gasteiger partial charge < -0.3 is 15.2 Å². The van der Waals surface area contributed by atoms with Gasteiger partial charge in [-0.2, -0.15) is 13.2 Å². The van der Waals surface area contributed by atoms with E-state index in [0.29, 0.717) is 24.7 Å². The number of ether oxygens (including phenoxy) is 2. The predicted octanol–water partition coefficient (Wildman–Crippen LogP) is 3.83. The van der Waals surface area contributed by atoms with Crippen molar-refractivity contribution < 1.29 is 22.6 Å². The summed E-state index contributed by atoms with van der Waals surface area (Å²) < 4.78 is 48.8. The van der Waals surface area contributed by atoms with Crippen molar-refractivity contribution in [2.24, 2.45) is 5.73 Å². The maximum Gasteiger partial charge on any atom is 0.407 e. The summed E-state index contributed by atoms with van der Waals surface area (Å²) in [5, 5.41) is 0. The summed E-state index contributed by atoms with van der Waals surface area (Å²) >= 11 is 0. The molecule has 0 aliphatic rings. The molecule has 1 atom stereocenters. The van der Waals surface area contributed by atoms with Crippen molar-refractivity contribution in [3.8, 4) is 11.5 Å². The molecule has 0 heterocycles. The standard InChI is InChI=1S/C14H20F3NO2/c1-3-7-19-11-6-5-10(13(18)14(15,16)17)9-12(11)20-8-4-2/h5-6,9,13H,3-4,7-8,18H2,1-2H3. The average Bonchev–Trinajstić information content (AvgIpc) is 2.41. The number of rotatable bonds is 7. The SMILES string of the molecule is CCCOc1ccc(C(N)C(F)(F)F)cc1OCCC. The maximum atomic E-state index is 12.6. The average molecular weight is 291 g/mol. The molecular formula is C14H20F3NO2. The highest BCUT2D eigenvalue weighted by molar-refractivity contribution is 5.44. The van der Waals surface area contributed by atoms with Gasteiger partial charge in [0.15, 0.2) is 11.5 Å². The van der Waals surface area contributed by atoms with E-state index >= 15 is 0 Å². The Bertz CT molecular complexity index is 421. The maximum absolute atomic E-state index is 12.6. The topological polar surface area (TPSA) is 44.5 Å². The van der Waals surface area contributed by atoms with E-state index in [-0.39, 0.29) is 5.56 Å². The third kappa shape index (κ3) is 4.59. The van der Waals surface area contributed by atoms with Crippen molar-refractivity contribution in [2.75, 3.05) is 13.2 Å². The van der Waals surface area contributed by atoms with E-state index < -0.39 is 12.2 Å². The molecule has 114 valence electrons. The van der Waals surface area contributed by atoms with Crippen LogP contribution in [0.3, 0.4) is 0 Å². The Labute approximate surface area is 116 Å². The minimum atomic E-state index is -4.48. The van der Waals surface area contributed by atoms with E-state index in [1.165, 1.54) is 18.2 Å². The number of hydrogen-bond acceptors (Lipinski definition) is 3. The second kappa shape index (κ2) is 7.38. The van der Waals surface area contributed by atoms with Gasteiger partial charge in [0.2, 0.25) is 0 Å². The fourth-order valence-corrected chi connectivity index (χ4v) is 1.56. The van der Waals surface area contributed by atoms with E-state index in [1.807, 2.05) is 13.8 Å². The van der Waals surface area contributed by atoms with Gasteiger partial charge >= 0.3 is 6.18 Å². The van der Waals surface area contributed by atoms with Crippen molar-refractivity contribution >= 4 is 0 Å². The quantitative estimate of drug-likeness (QED) is 0.830. The van der Waals surface area contributed by atoms with Crippen LogP contribution in [0.1, 0.15) is 38.3 Å². The van der Waals surface area contributed by atoms with Crippen LogP contribution in [0.15, 0.2) is 18.2 Å². The summed E-state index contributed by atoms with van der Waals surface area (Å²) in [5.74, 6) is 0.746. The minimum Gasteiger partial charge on any atom is -0.490 e. The Hall–Kier alpha value is -1.43. The van der Waals surface area contributed by atoms with Gasteiger partial charge in [-0.3, -0.25) is 0 Å². The first-order valence-corrected chi connectivity index (χ1v) is 6.62. The third-order valence-corrected chi connectivity index (χ3v) is 2.60. The molecule has 0 bridgehead atoms. The van der Waals surface area contributed by atoms with Gasteiger partial charge in [0, 0.05) is 0 Å². The van der Waals surface area contributed by atoms with Gasteiger partial charge in [0.05, 0.1) is 13.2 Å². The zero-order valence-corrected chi connectivity index (χ0v) is 11.7. The minimum absolute atomic E-state index is 0.0348. The van der Waals surface area contributed by atoms with Gasteiger partial charge in [-0.15, -0.1) is 0 Å². The van der Waals surface area contributed by atoms with E-state index in [0.717, 1.165) is 12.8 Å². The lowest BCUT2D eigenvalue weighted by molar-refractivity contribution is -0.149. The lowest BCUT2D eigenvalue weighted by Gasteiger charge is -2.18. The number of hydrogen-bond donors (Lipinski definition) is 1. The Morgan fingerprint density at radius 3 is 2.10 bits per heavy atom. The molecule has 0 aliphatic heterocycles. The van der Waals surface area contributed by atoms with Crippen LogP contribution in [0.4, 0.5) is 13.2 Å². The smallest absolute Gasteiger partial charge is 0.407 e. The second-order valence-electron chi connectivity index (χ2n) is 4.42. The Morgan fingerprint density at radius 1 is 1.05 bits per heavy atom. The summed E-state index contributed by atoms with van der Waals surface area (Å²) in [6.07, 6.45) is -2.92. The number of benzene rings is 1. The van der Waals surface area contributed by atoms with E-state index in [4.69, 9.17) is 15.2 Å². The Morgan fingerprint density at radius 2 is 1.60 bits per heavy atom. The van der Waals surface area contributed by atoms with Crippen LogP contribution in [0.2, 0.25) is 0 Å². The monoisotopic (exact) mass is 291 g/mol. The van der Waals surface area contributed by atoms with Crippen molar-refractivity contribution in [3.05, 3.63) is 23.8 Å². The van der Waals surface area contributed by atoms with Gasteiger partial charge in [0.25, 0.3) is 0 Å². The molecule has 6 heteroatoms. The summed E-state index contributed by atoms with van der Waals surface area (Å²) in [4.78, 5) is 0. The molecule has 0 spiro atoms. The van der Waals surface area contributed by atoms with Crippen LogP contribution in [-0.4, -0.2) is 19.4 Å². The van der Waals surface area contributed by atoms with Gasteiger partial charge in [-0.25, -0.2) is 0 Å². The molecule has 1 rings (SSSR count). The number of halogens is 3. The van der Waals surface area contributed by atoms with Crippen LogP contribution >= 0.6 is 0 Å². The molecule has 20 heavy (non-hydrogen) atoms. The van der Waals surface area contributed by atoms with Gasteiger partial charge in [0.1, 0.15) is 6.04 Å². The zero-order chi connectivity index (χ0) is 15.2. The molecule has 1 aromatic carbocycles. The first kappa shape index (κ1) is 16.6. The zero-order valence-electron chi connectivity index (χ0n) is 11.7. The van der Waals surface area contributed by atoms with Gasteiger partial charge in [-0.1, -0.05) is 19.9 Å². The normalized spacial score (nSPS) is 13.1. The molecule has 0 amide bonds. The van der Waals surface area contributed by atoms with Crippen LogP contribution in [0.25, 0.3) is 0 Å². The lowest BCUT2D eigenvalue weighted by atomic mass is 10.1. The summed E-state index contributed by atoms with van der Waals surface area (Å²) in [5.41, 5.74) is 5.16. The molecule has 0 aromatic heterocycles. The van der Waals surface area contributed by atoms with Crippen LogP contribution < -0.4 is 15.2 Å². The molecule has 0 fully saturated rings. The fraction of sp³-hybridized carbons (Fsp3) is 0.571. The predicted molar refractivity (Wildman–Crippen MR) is 71.0 cm³/mol. The molecule has 1 unspecified atom stereocenters. The number of alkyl halides is 3. The first-order chi connectivity index (χ1) is 9.40. The van der Waals surface area contributed by atoms with E-state index in [9.17, 15) is 13.2 Å². The molecule has 0 saturated carbocycles. The molecule has 1 aromatic rings. The molecule has 0 aliphatic carbocycles. The van der Waals surface area contributed by atoms with Crippen molar-refractivity contribution in [2.45, 2.75) is 38.9 Å². The van der Waals surface area contributed by atoms with Crippen LogP contribution in [0.5, 0.6) is 11.5 Å². The van der Waals surface area contributed by atoms with Crippen molar-refractivity contribution in [1.29, 1.82) is 0 Å². The van der Waals surface area contributed by atoms with Crippen molar-refractivity contribution in [3.63, 3.8) is 0 Å². The fourth-order valence-electron chi connectivity index (χ4n) is 1.56. The summed E-state index contributed by atoms with van der Waals surface area (Å²) in [7, 11) is 0. The highest BCUT2D eigenvalue weighted by Gasteiger charge is 2.38.